The molecule has 164 valence electrons. The van der Waals surface area contributed by atoms with Gasteiger partial charge in [-0.05, 0) is 48.4 Å². The summed E-state index contributed by atoms with van der Waals surface area (Å²) in [5.41, 5.74) is 12.1. The number of nitrogens with two attached hydrogens (primary N) is 2. The molecule has 1 amide bonds. The van der Waals surface area contributed by atoms with Crippen LogP contribution in [0, 0.1) is 0 Å². The van der Waals surface area contributed by atoms with E-state index >= 15 is 0 Å². The molecule has 0 aromatic heterocycles. The van der Waals surface area contributed by atoms with Gasteiger partial charge in [0.25, 0.3) is 5.91 Å². The van der Waals surface area contributed by atoms with Crippen LogP contribution in [-0.4, -0.2) is 37.0 Å². The Kier molecular flexibility index (Phi) is 9.03. The quantitative estimate of drug-likeness (QED) is 0.173. The molecule has 9 nitrogen and oxygen atoms in total. The number of nitrogens with one attached hydrogen (secondary N) is 1. The first-order chi connectivity index (χ1) is 14.9. The summed E-state index contributed by atoms with van der Waals surface area (Å²) in [5, 5.41) is 2.67. The minimum Gasteiger partial charge on any atom is -0.455 e. The van der Waals surface area contributed by atoms with Gasteiger partial charge in [0.1, 0.15) is 5.75 Å². The maximum absolute atomic E-state index is 12.2. The molecule has 5 N–H and O–H groups in total. The first-order valence-electron chi connectivity index (χ1n) is 9.80. The van der Waals surface area contributed by atoms with Gasteiger partial charge in [0.05, 0.1) is 17.7 Å². The molecule has 2 rings (SSSR count). The fraction of sp³-hybridized carbons (Fsp3) is 0.273. The fourth-order valence-electron chi connectivity index (χ4n) is 2.48. The number of aliphatic imine (C=N–C) groups is 1. The number of nitrogens with zero attached hydrogens (tertiary/aromatic N) is 1. The maximum atomic E-state index is 12.2. The number of benzene rings is 2. The van der Waals surface area contributed by atoms with Crippen molar-refractivity contribution in [3.63, 3.8) is 0 Å². The lowest BCUT2D eigenvalue weighted by atomic mass is 10.1. The molecule has 0 heterocycles. The Morgan fingerprint density at radius 2 is 1.68 bits per heavy atom. The third-order valence-electron chi connectivity index (χ3n) is 4.06. The Balaban J connectivity index is 1.82. The maximum Gasteiger partial charge on any atom is 0.343 e. The van der Waals surface area contributed by atoms with Crippen molar-refractivity contribution in [1.29, 1.82) is 0 Å². The summed E-state index contributed by atoms with van der Waals surface area (Å²) in [6.07, 6.45) is 1.85. The number of hydrogen-bond donors (Lipinski definition) is 3. The summed E-state index contributed by atoms with van der Waals surface area (Å²) < 4.78 is 10.3. The molecular weight excluding hydrogens is 400 g/mol. The van der Waals surface area contributed by atoms with E-state index in [1.165, 1.54) is 0 Å². The minimum absolute atomic E-state index is 0.00270. The highest BCUT2D eigenvalue weighted by atomic mass is 16.5. The minimum atomic E-state index is -0.544. The van der Waals surface area contributed by atoms with Gasteiger partial charge in [-0.25, -0.2) is 9.79 Å². The predicted molar refractivity (Wildman–Crippen MR) is 116 cm³/mol. The van der Waals surface area contributed by atoms with E-state index in [4.69, 9.17) is 20.9 Å². The highest BCUT2D eigenvalue weighted by Crippen LogP contribution is 2.17. The van der Waals surface area contributed by atoms with Crippen LogP contribution in [0.5, 0.6) is 5.75 Å². The molecule has 0 saturated heterocycles. The Hall–Kier alpha value is -3.88. The third kappa shape index (κ3) is 8.57. The van der Waals surface area contributed by atoms with Crippen molar-refractivity contribution in [2.75, 3.05) is 13.2 Å². The van der Waals surface area contributed by atoms with Crippen molar-refractivity contribution in [2.24, 2.45) is 16.5 Å². The van der Waals surface area contributed by atoms with Gasteiger partial charge < -0.3 is 26.3 Å². The van der Waals surface area contributed by atoms with Crippen LogP contribution in [0.2, 0.25) is 0 Å². The van der Waals surface area contributed by atoms with Gasteiger partial charge in [-0.15, -0.1) is 0 Å². The first kappa shape index (κ1) is 23.4. The molecule has 0 bridgehead atoms. The molecule has 0 aliphatic rings. The van der Waals surface area contributed by atoms with Crippen LogP contribution >= 0.6 is 0 Å². The Bertz CT molecular complexity index is 920. The predicted octanol–water partition coefficient (Wildman–Crippen LogP) is 1.81. The molecule has 0 aliphatic heterocycles. The molecule has 0 spiro atoms. The van der Waals surface area contributed by atoms with Crippen LogP contribution in [0.25, 0.3) is 0 Å². The zero-order valence-electron chi connectivity index (χ0n) is 17.3. The van der Waals surface area contributed by atoms with Crippen LogP contribution in [0.15, 0.2) is 53.5 Å². The van der Waals surface area contributed by atoms with Crippen LogP contribution in [0.4, 0.5) is 5.69 Å². The summed E-state index contributed by atoms with van der Waals surface area (Å²) >= 11 is 0. The molecule has 9 heteroatoms. The number of carbonyl (C=O) groups is 3. The van der Waals surface area contributed by atoms with Gasteiger partial charge in [-0.1, -0.05) is 25.5 Å². The van der Waals surface area contributed by atoms with Crippen molar-refractivity contribution in [1.82, 2.24) is 5.32 Å². The summed E-state index contributed by atoms with van der Waals surface area (Å²) in [6.45, 7) is 2.28. The van der Waals surface area contributed by atoms with Crippen molar-refractivity contribution >= 4 is 29.5 Å². The molecule has 0 unspecified atom stereocenters. The molecule has 2 aromatic carbocycles. The van der Waals surface area contributed by atoms with Crippen molar-refractivity contribution in [3.8, 4) is 5.75 Å². The van der Waals surface area contributed by atoms with E-state index in [9.17, 15) is 14.4 Å². The van der Waals surface area contributed by atoms with Crippen molar-refractivity contribution in [2.45, 2.75) is 26.2 Å². The first-order valence-corrected chi connectivity index (χ1v) is 9.80. The highest BCUT2D eigenvalue weighted by molar-refractivity contribution is 5.91. The number of carbonyl (C=O) groups excluding carboxylic acids is 3. The van der Waals surface area contributed by atoms with Crippen LogP contribution in [0.3, 0.4) is 0 Å². The number of unbranched alkanes of at least 4 members (excludes halogenated alkanes) is 1. The summed E-state index contributed by atoms with van der Waals surface area (Å²) in [4.78, 5) is 39.5. The van der Waals surface area contributed by atoms with Gasteiger partial charge in [0, 0.05) is 6.54 Å². The van der Waals surface area contributed by atoms with Crippen molar-refractivity contribution < 1.29 is 23.9 Å². The van der Waals surface area contributed by atoms with E-state index in [0.29, 0.717) is 29.1 Å². The SMILES string of the molecule is CCCCNC(=O)COC(=O)Cc1ccc(OC(=O)c2ccc(N=C(N)N)cc2)cc1. The second-order valence-electron chi connectivity index (χ2n) is 6.66. The standard InChI is InChI=1S/C22H26N4O5/c1-2-3-12-25-19(27)14-30-20(28)13-15-4-10-18(11-5-15)31-21(29)16-6-8-17(9-7-16)26-22(23)24/h4-11H,2-3,12-14H2,1H3,(H,25,27)(H4,23,24,26). The lowest BCUT2D eigenvalue weighted by molar-refractivity contribution is -0.147. The summed E-state index contributed by atoms with van der Waals surface area (Å²) in [6, 6.07) is 12.7. The molecular formula is C22H26N4O5. The van der Waals surface area contributed by atoms with Gasteiger partial charge >= 0.3 is 11.9 Å². The summed E-state index contributed by atoms with van der Waals surface area (Å²) in [7, 11) is 0. The smallest absolute Gasteiger partial charge is 0.343 e. The molecule has 2 aromatic rings. The second kappa shape index (κ2) is 12.0. The highest BCUT2D eigenvalue weighted by Gasteiger charge is 2.11. The van der Waals surface area contributed by atoms with Crippen LogP contribution in [-0.2, 0) is 20.7 Å². The zero-order valence-corrected chi connectivity index (χ0v) is 17.3. The van der Waals surface area contributed by atoms with Gasteiger partial charge in [-0.2, -0.15) is 0 Å². The van der Waals surface area contributed by atoms with Crippen LogP contribution < -0.4 is 21.5 Å². The molecule has 0 saturated carbocycles. The van der Waals surface area contributed by atoms with Crippen molar-refractivity contribution in [3.05, 3.63) is 59.7 Å². The Morgan fingerprint density at radius 1 is 1.00 bits per heavy atom. The summed E-state index contributed by atoms with van der Waals surface area (Å²) in [5.74, 6) is -1.13. The van der Waals surface area contributed by atoms with Gasteiger partial charge in [0.15, 0.2) is 12.6 Å². The number of ether oxygens (including phenoxy) is 2. The number of esters is 2. The molecule has 0 radical (unpaired) electrons. The average molecular weight is 426 g/mol. The second-order valence-corrected chi connectivity index (χ2v) is 6.66. The monoisotopic (exact) mass is 426 g/mol. The number of hydrogen-bond acceptors (Lipinski definition) is 6. The van der Waals surface area contributed by atoms with E-state index in [2.05, 4.69) is 10.3 Å². The van der Waals surface area contributed by atoms with E-state index in [1.54, 1.807) is 48.5 Å². The van der Waals surface area contributed by atoms with E-state index in [1.807, 2.05) is 6.92 Å². The Morgan fingerprint density at radius 3 is 2.29 bits per heavy atom. The van der Waals surface area contributed by atoms with Gasteiger partial charge in [-0.3, -0.25) is 9.59 Å². The fourth-order valence-corrected chi connectivity index (χ4v) is 2.48. The lowest BCUT2D eigenvalue weighted by Gasteiger charge is -2.07. The normalized spacial score (nSPS) is 10.1. The average Bonchev–Trinajstić information content (AvgIpc) is 2.74. The zero-order chi connectivity index (χ0) is 22.6. The molecule has 0 atom stereocenters. The van der Waals surface area contributed by atoms with Crippen LogP contribution in [0.1, 0.15) is 35.7 Å². The Labute approximate surface area is 180 Å². The number of rotatable bonds is 10. The van der Waals surface area contributed by atoms with E-state index in [-0.39, 0.29) is 24.9 Å². The molecule has 31 heavy (non-hydrogen) atoms. The topological polar surface area (TPSA) is 146 Å². The molecule has 0 aliphatic carbocycles. The number of amides is 1. The third-order valence-corrected chi connectivity index (χ3v) is 4.06. The van der Waals surface area contributed by atoms with E-state index < -0.39 is 11.9 Å². The number of guanidine groups is 1. The van der Waals surface area contributed by atoms with Gasteiger partial charge in [0.2, 0.25) is 0 Å². The molecule has 0 fully saturated rings. The lowest BCUT2D eigenvalue weighted by Crippen LogP contribution is -2.29. The van der Waals surface area contributed by atoms with E-state index in [0.717, 1.165) is 12.8 Å². The largest absolute Gasteiger partial charge is 0.455 e.